The number of carbonyl (C=O) groups excluding carboxylic acids is 1. The number of ether oxygens (including phenoxy) is 1. The number of rotatable bonds is 7. The number of fused-ring (bicyclic) bond motifs is 1. The van der Waals surface area contributed by atoms with Gasteiger partial charge in [0.15, 0.2) is 0 Å². The third kappa shape index (κ3) is 4.92. The second-order valence-electron chi connectivity index (χ2n) is 8.68. The van der Waals surface area contributed by atoms with Crippen LogP contribution >= 0.6 is 11.8 Å². The fourth-order valence-electron chi connectivity index (χ4n) is 5.13. The van der Waals surface area contributed by atoms with Crippen LogP contribution in [-0.2, 0) is 22.4 Å². The van der Waals surface area contributed by atoms with Crippen LogP contribution in [0, 0.1) is 5.92 Å². The predicted octanol–water partition coefficient (Wildman–Crippen LogP) is 3.24. The van der Waals surface area contributed by atoms with Crippen molar-refractivity contribution in [1.29, 1.82) is 0 Å². The van der Waals surface area contributed by atoms with Gasteiger partial charge in [-0.05, 0) is 74.9 Å². The van der Waals surface area contributed by atoms with Gasteiger partial charge in [-0.2, -0.15) is 11.8 Å². The van der Waals surface area contributed by atoms with Gasteiger partial charge in [0.25, 0.3) is 0 Å². The third-order valence-corrected chi connectivity index (χ3v) is 7.28. The molecule has 4 rings (SSSR count). The molecule has 0 unspecified atom stereocenters. The van der Waals surface area contributed by atoms with E-state index in [2.05, 4.69) is 34.1 Å². The Labute approximate surface area is 174 Å². The van der Waals surface area contributed by atoms with E-state index in [9.17, 15) is 4.79 Å². The maximum atomic E-state index is 12.6. The molecule has 0 aromatic heterocycles. The molecule has 1 amide bonds. The van der Waals surface area contributed by atoms with Crippen LogP contribution < -0.4 is 0 Å². The zero-order valence-corrected chi connectivity index (χ0v) is 18.0. The van der Waals surface area contributed by atoms with E-state index in [-0.39, 0.29) is 12.0 Å². The number of piperidine rings is 1. The van der Waals surface area contributed by atoms with E-state index in [1.165, 1.54) is 38.8 Å². The monoisotopic (exact) mass is 402 g/mol. The topological polar surface area (TPSA) is 32.8 Å². The lowest BCUT2D eigenvalue weighted by Gasteiger charge is -2.38. The first-order valence-corrected chi connectivity index (χ1v) is 12.3. The van der Waals surface area contributed by atoms with E-state index in [0.29, 0.717) is 17.7 Å². The lowest BCUT2D eigenvalue weighted by atomic mass is 9.94. The summed E-state index contributed by atoms with van der Waals surface area (Å²) in [4.78, 5) is 17.5. The maximum absolute atomic E-state index is 12.6. The zero-order chi connectivity index (χ0) is 19.3. The van der Waals surface area contributed by atoms with Crippen molar-refractivity contribution in [3.63, 3.8) is 0 Å². The van der Waals surface area contributed by atoms with Crippen LogP contribution in [0.3, 0.4) is 0 Å². The van der Waals surface area contributed by atoms with Gasteiger partial charge in [-0.3, -0.25) is 9.69 Å². The van der Waals surface area contributed by atoms with Crippen molar-refractivity contribution in [3.05, 3.63) is 35.4 Å². The highest BCUT2D eigenvalue weighted by Crippen LogP contribution is 2.29. The molecule has 3 aliphatic rings. The molecule has 4 nitrogen and oxygen atoms in total. The SMILES string of the molecule is CSCC(=O)N(CC1CCN(C2Cc3ccccc3C2)CC1)C[C@@H]1CCCO1. The summed E-state index contributed by atoms with van der Waals surface area (Å²) >= 11 is 1.63. The summed E-state index contributed by atoms with van der Waals surface area (Å²) in [5, 5.41) is 0. The first-order chi connectivity index (χ1) is 13.7. The average Bonchev–Trinajstić information content (AvgIpc) is 3.37. The van der Waals surface area contributed by atoms with Crippen molar-refractivity contribution in [1.82, 2.24) is 9.80 Å². The molecule has 1 atom stereocenters. The Kier molecular flexibility index (Phi) is 6.97. The average molecular weight is 403 g/mol. The largest absolute Gasteiger partial charge is 0.376 e. The Bertz CT molecular complexity index is 629. The Morgan fingerprint density at radius 1 is 1.14 bits per heavy atom. The molecule has 0 N–H and O–H groups in total. The van der Waals surface area contributed by atoms with Crippen LogP contribution in [-0.4, -0.2) is 72.6 Å². The highest BCUT2D eigenvalue weighted by Gasteiger charge is 2.31. The number of hydrogen-bond donors (Lipinski definition) is 0. The fraction of sp³-hybridized carbons (Fsp3) is 0.696. The normalized spacial score (nSPS) is 23.8. The fourth-order valence-corrected chi connectivity index (χ4v) is 5.56. The molecule has 0 spiro atoms. The molecule has 5 heteroatoms. The van der Waals surface area contributed by atoms with Crippen molar-refractivity contribution in [2.75, 3.05) is 44.8 Å². The van der Waals surface area contributed by atoms with Crippen molar-refractivity contribution in [3.8, 4) is 0 Å². The van der Waals surface area contributed by atoms with E-state index < -0.39 is 0 Å². The molecule has 28 heavy (non-hydrogen) atoms. The summed E-state index contributed by atoms with van der Waals surface area (Å²) in [5.74, 6) is 1.51. The van der Waals surface area contributed by atoms with Crippen molar-refractivity contribution >= 4 is 17.7 Å². The maximum Gasteiger partial charge on any atom is 0.232 e. The molecule has 0 radical (unpaired) electrons. The Hall–Kier alpha value is -1.04. The quantitative estimate of drug-likeness (QED) is 0.701. The van der Waals surface area contributed by atoms with E-state index in [1.807, 2.05) is 6.26 Å². The predicted molar refractivity (Wildman–Crippen MR) is 116 cm³/mol. The van der Waals surface area contributed by atoms with Gasteiger partial charge in [0.1, 0.15) is 0 Å². The summed E-state index contributed by atoms with van der Waals surface area (Å²) in [5.41, 5.74) is 3.08. The van der Waals surface area contributed by atoms with Gasteiger partial charge in [-0.1, -0.05) is 24.3 Å². The minimum atomic E-state index is 0.253. The summed E-state index contributed by atoms with van der Waals surface area (Å²) in [6.45, 7) is 4.91. The Morgan fingerprint density at radius 3 is 2.46 bits per heavy atom. The van der Waals surface area contributed by atoms with E-state index in [4.69, 9.17) is 4.74 Å². The summed E-state index contributed by atoms with van der Waals surface area (Å²) in [6.07, 6.45) is 9.34. The van der Waals surface area contributed by atoms with Gasteiger partial charge in [-0.15, -0.1) is 0 Å². The smallest absolute Gasteiger partial charge is 0.232 e. The molecule has 154 valence electrons. The second kappa shape index (κ2) is 9.64. The molecule has 0 saturated carbocycles. The first kappa shape index (κ1) is 20.2. The first-order valence-electron chi connectivity index (χ1n) is 10.9. The summed E-state index contributed by atoms with van der Waals surface area (Å²) in [6, 6.07) is 9.60. The van der Waals surface area contributed by atoms with Gasteiger partial charge >= 0.3 is 0 Å². The molecular formula is C23H34N2O2S. The van der Waals surface area contributed by atoms with Crippen LogP contribution in [0.15, 0.2) is 24.3 Å². The Balaban J connectivity index is 1.28. The van der Waals surface area contributed by atoms with Crippen LogP contribution in [0.4, 0.5) is 0 Å². The van der Waals surface area contributed by atoms with Gasteiger partial charge in [0.2, 0.25) is 5.91 Å². The lowest BCUT2D eigenvalue weighted by molar-refractivity contribution is -0.130. The molecule has 2 saturated heterocycles. The van der Waals surface area contributed by atoms with Crippen molar-refractivity contribution < 1.29 is 9.53 Å². The molecular weight excluding hydrogens is 368 g/mol. The van der Waals surface area contributed by atoms with Crippen LogP contribution in [0.25, 0.3) is 0 Å². The molecule has 1 aromatic carbocycles. The minimum Gasteiger partial charge on any atom is -0.376 e. The second-order valence-corrected chi connectivity index (χ2v) is 9.54. The molecule has 2 fully saturated rings. The van der Waals surface area contributed by atoms with Gasteiger partial charge in [0, 0.05) is 25.7 Å². The number of benzene rings is 1. The molecule has 2 heterocycles. The number of thioether (sulfide) groups is 1. The van der Waals surface area contributed by atoms with Crippen molar-refractivity contribution in [2.45, 2.75) is 50.7 Å². The number of amides is 1. The van der Waals surface area contributed by atoms with E-state index >= 15 is 0 Å². The number of likely N-dealkylation sites (tertiary alicyclic amines) is 1. The lowest BCUT2D eigenvalue weighted by Crippen LogP contribution is -2.46. The number of carbonyl (C=O) groups is 1. The zero-order valence-electron chi connectivity index (χ0n) is 17.1. The van der Waals surface area contributed by atoms with Crippen LogP contribution in [0.2, 0.25) is 0 Å². The van der Waals surface area contributed by atoms with Crippen LogP contribution in [0.1, 0.15) is 36.8 Å². The Morgan fingerprint density at radius 2 is 1.86 bits per heavy atom. The molecule has 2 aliphatic heterocycles. The minimum absolute atomic E-state index is 0.253. The van der Waals surface area contributed by atoms with Crippen LogP contribution in [0.5, 0.6) is 0 Å². The van der Waals surface area contributed by atoms with Gasteiger partial charge < -0.3 is 9.64 Å². The molecule has 1 aromatic rings. The summed E-state index contributed by atoms with van der Waals surface area (Å²) in [7, 11) is 0. The highest BCUT2D eigenvalue weighted by molar-refractivity contribution is 7.99. The number of hydrogen-bond acceptors (Lipinski definition) is 4. The van der Waals surface area contributed by atoms with E-state index in [0.717, 1.165) is 32.5 Å². The van der Waals surface area contributed by atoms with Gasteiger partial charge in [-0.25, -0.2) is 0 Å². The third-order valence-electron chi connectivity index (χ3n) is 6.74. The summed E-state index contributed by atoms with van der Waals surface area (Å²) < 4.78 is 5.81. The van der Waals surface area contributed by atoms with Gasteiger partial charge in [0.05, 0.1) is 11.9 Å². The molecule has 0 bridgehead atoms. The number of nitrogens with zero attached hydrogens (tertiary/aromatic N) is 2. The van der Waals surface area contributed by atoms with E-state index in [1.54, 1.807) is 22.9 Å². The van der Waals surface area contributed by atoms with Crippen molar-refractivity contribution in [2.24, 2.45) is 5.92 Å². The molecule has 1 aliphatic carbocycles. The standard InChI is InChI=1S/C23H34N2O2S/c1-28-17-23(26)25(16-22-7-4-12-27-22)15-18-8-10-24(11-9-18)21-13-19-5-2-3-6-20(19)14-21/h2-3,5-6,18,21-22H,4,7-17H2,1H3/t22-/m0/s1. The highest BCUT2D eigenvalue weighted by atomic mass is 32.2.